The molecule has 2 heterocycles. The van der Waals surface area contributed by atoms with Crippen molar-refractivity contribution in [3.8, 4) is 0 Å². The maximum absolute atomic E-state index is 12.1. The third-order valence-electron chi connectivity index (χ3n) is 6.97. The summed E-state index contributed by atoms with van der Waals surface area (Å²) in [6, 6.07) is 0. The molecule has 0 amide bonds. The minimum Gasteiger partial charge on any atom is -0.414 e. The van der Waals surface area contributed by atoms with Gasteiger partial charge in [-0.15, -0.1) is 0 Å². The van der Waals surface area contributed by atoms with E-state index in [4.69, 9.17) is 18.1 Å². The molecule has 0 saturated carbocycles. The van der Waals surface area contributed by atoms with E-state index in [1.165, 1.54) is 0 Å². The lowest BCUT2D eigenvalue weighted by atomic mass is 9.81. The zero-order chi connectivity index (χ0) is 22.6. The summed E-state index contributed by atoms with van der Waals surface area (Å²) in [6.45, 7) is 20.1. The van der Waals surface area contributed by atoms with E-state index in [0.717, 1.165) is 6.26 Å². The molecule has 0 aromatic carbocycles. The maximum atomic E-state index is 12.1. The number of hydrogen-bond acceptors (Lipinski definition) is 6. The van der Waals surface area contributed by atoms with Gasteiger partial charge < -0.3 is 13.9 Å². The van der Waals surface area contributed by atoms with Crippen LogP contribution >= 0.6 is 15.9 Å². The number of hydrogen-bond donors (Lipinski definition) is 0. The van der Waals surface area contributed by atoms with E-state index in [1.807, 2.05) is 20.8 Å². The first-order chi connectivity index (χ1) is 12.8. The second-order valence-electron chi connectivity index (χ2n) is 10.9. The van der Waals surface area contributed by atoms with Crippen LogP contribution in [0, 0.1) is 11.8 Å². The molecule has 2 aliphatic heterocycles. The topological polar surface area (TPSA) is 74.4 Å². The Labute approximate surface area is 186 Å². The molecule has 0 aromatic rings. The number of ether oxygens (including phenoxy) is 2. The molecule has 2 saturated heterocycles. The Morgan fingerprint density at radius 3 is 2.24 bits per heavy atom. The molecular formula is C20H39BrO6SSi. The zero-order valence-electron chi connectivity index (χ0n) is 19.5. The van der Waals surface area contributed by atoms with Crippen LogP contribution < -0.4 is 0 Å². The molecule has 2 aliphatic rings. The first kappa shape index (κ1) is 25.7. The van der Waals surface area contributed by atoms with Crippen LogP contribution in [-0.2, 0) is 28.2 Å². The standard InChI is InChI=1S/C20H39BrO6SSi/c1-13-11-24-20(7,15(13)21)17(27-28(8,22)23)14(2)16-19(6,26-16)12-25-29(9,10)18(3,4)5/h13-17H,11-12H2,1-10H3/t13-,14+,15+,16+,17-,19+,20+/m1/s1. The first-order valence-corrected chi connectivity index (χ1v) is 16.0. The second-order valence-corrected chi connectivity index (χ2v) is 18.3. The predicted molar refractivity (Wildman–Crippen MR) is 122 cm³/mol. The highest BCUT2D eigenvalue weighted by Crippen LogP contribution is 2.50. The molecule has 2 fully saturated rings. The third kappa shape index (κ3) is 5.46. The molecule has 0 spiro atoms. The largest absolute Gasteiger partial charge is 0.414 e. The van der Waals surface area contributed by atoms with E-state index >= 15 is 0 Å². The van der Waals surface area contributed by atoms with Crippen molar-refractivity contribution in [1.29, 1.82) is 0 Å². The van der Waals surface area contributed by atoms with Gasteiger partial charge in [0.15, 0.2) is 8.32 Å². The average Bonchev–Trinajstić information content (AvgIpc) is 3.17. The van der Waals surface area contributed by atoms with E-state index in [2.05, 4.69) is 56.7 Å². The van der Waals surface area contributed by atoms with Gasteiger partial charge in [0.25, 0.3) is 10.1 Å². The SMILES string of the molecule is C[C@H]([C@@H](OS(C)(=O)=O)[C@@]1(C)OC[C@@H](C)[C@@H]1Br)[C@@H]1O[C@@]1(C)CO[Si](C)(C)C(C)(C)C. The van der Waals surface area contributed by atoms with Gasteiger partial charge in [0.05, 0.1) is 30.4 Å². The van der Waals surface area contributed by atoms with Crippen molar-refractivity contribution in [2.45, 2.75) is 94.8 Å². The predicted octanol–water partition coefficient (Wildman–Crippen LogP) is 4.34. The lowest BCUT2D eigenvalue weighted by Gasteiger charge is -2.39. The average molecular weight is 516 g/mol. The van der Waals surface area contributed by atoms with Crippen molar-refractivity contribution < 1.29 is 26.5 Å². The monoisotopic (exact) mass is 514 g/mol. The van der Waals surface area contributed by atoms with E-state index in [-0.39, 0.29) is 27.8 Å². The Morgan fingerprint density at radius 1 is 1.28 bits per heavy atom. The molecule has 0 unspecified atom stereocenters. The number of alkyl halides is 1. The molecular weight excluding hydrogens is 476 g/mol. The molecule has 0 aromatic heterocycles. The summed E-state index contributed by atoms with van der Waals surface area (Å²) in [5.41, 5.74) is -1.22. The highest BCUT2D eigenvalue weighted by atomic mass is 79.9. The minimum atomic E-state index is -3.66. The number of rotatable bonds is 8. The summed E-state index contributed by atoms with van der Waals surface area (Å²) in [4.78, 5) is -0.0160. The van der Waals surface area contributed by atoms with Crippen molar-refractivity contribution in [2.75, 3.05) is 19.5 Å². The first-order valence-electron chi connectivity index (χ1n) is 10.3. The third-order valence-corrected chi connectivity index (χ3v) is 13.8. The van der Waals surface area contributed by atoms with Gasteiger partial charge in [-0.3, -0.25) is 4.18 Å². The minimum absolute atomic E-state index is 0.0160. The normalized spacial score (nSPS) is 38.1. The van der Waals surface area contributed by atoms with Gasteiger partial charge in [-0.1, -0.05) is 50.5 Å². The molecule has 9 heteroatoms. The Kier molecular flexibility index (Phi) is 7.21. The summed E-state index contributed by atoms with van der Waals surface area (Å²) >= 11 is 3.72. The molecule has 7 atom stereocenters. The lowest BCUT2D eigenvalue weighted by Crippen LogP contribution is -2.53. The number of halogens is 1. The highest BCUT2D eigenvalue weighted by Gasteiger charge is 2.62. The van der Waals surface area contributed by atoms with Crippen molar-refractivity contribution in [3.05, 3.63) is 0 Å². The maximum Gasteiger partial charge on any atom is 0.264 e. The van der Waals surface area contributed by atoms with Crippen molar-refractivity contribution >= 4 is 34.4 Å². The van der Waals surface area contributed by atoms with Crippen molar-refractivity contribution in [1.82, 2.24) is 0 Å². The van der Waals surface area contributed by atoms with Gasteiger partial charge in [0.2, 0.25) is 0 Å². The van der Waals surface area contributed by atoms with Crippen LogP contribution in [0.4, 0.5) is 0 Å². The van der Waals surface area contributed by atoms with Gasteiger partial charge in [0.1, 0.15) is 17.3 Å². The van der Waals surface area contributed by atoms with Crippen LogP contribution in [0.25, 0.3) is 0 Å². The molecule has 0 aliphatic carbocycles. The molecule has 6 nitrogen and oxygen atoms in total. The molecule has 2 rings (SSSR count). The van der Waals surface area contributed by atoms with Crippen LogP contribution in [0.1, 0.15) is 48.5 Å². The highest BCUT2D eigenvalue weighted by molar-refractivity contribution is 9.09. The summed E-state index contributed by atoms with van der Waals surface area (Å²) < 4.78 is 48.3. The van der Waals surface area contributed by atoms with E-state index in [9.17, 15) is 8.42 Å². The lowest BCUT2D eigenvalue weighted by molar-refractivity contribution is -0.0840. The van der Waals surface area contributed by atoms with Crippen LogP contribution in [0.15, 0.2) is 0 Å². The summed E-state index contributed by atoms with van der Waals surface area (Å²) in [7, 11) is -5.57. The fraction of sp³-hybridized carbons (Fsp3) is 1.00. The summed E-state index contributed by atoms with van der Waals surface area (Å²) in [6.07, 6.45) is 0.271. The fourth-order valence-electron chi connectivity index (χ4n) is 3.91. The second kappa shape index (κ2) is 8.12. The van der Waals surface area contributed by atoms with E-state index in [1.54, 1.807) is 0 Å². The van der Waals surface area contributed by atoms with E-state index in [0.29, 0.717) is 13.2 Å². The van der Waals surface area contributed by atoms with Crippen LogP contribution in [-0.4, -0.2) is 64.4 Å². The van der Waals surface area contributed by atoms with Crippen LogP contribution in [0.2, 0.25) is 18.1 Å². The van der Waals surface area contributed by atoms with Gasteiger partial charge >= 0.3 is 0 Å². The van der Waals surface area contributed by atoms with E-state index < -0.39 is 35.7 Å². The van der Waals surface area contributed by atoms with Gasteiger partial charge in [-0.25, -0.2) is 0 Å². The van der Waals surface area contributed by atoms with Gasteiger partial charge in [-0.05, 0) is 37.9 Å². The molecule has 172 valence electrons. The number of epoxide rings is 1. The Hall–Kier alpha value is 0.487. The van der Waals surface area contributed by atoms with Gasteiger partial charge in [-0.2, -0.15) is 8.42 Å². The van der Waals surface area contributed by atoms with Crippen LogP contribution in [0.3, 0.4) is 0 Å². The smallest absolute Gasteiger partial charge is 0.264 e. The Balaban J connectivity index is 2.18. The van der Waals surface area contributed by atoms with Crippen molar-refractivity contribution in [2.24, 2.45) is 11.8 Å². The Morgan fingerprint density at radius 2 is 1.83 bits per heavy atom. The van der Waals surface area contributed by atoms with Crippen LogP contribution in [0.5, 0.6) is 0 Å². The van der Waals surface area contributed by atoms with Crippen molar-refractivity contribution in [3.63, 3.8) is 0 Å². The summed E-state index contributed by atoms with van der Waals surface area (Å²) in [5.74, 6) is 0.0689. The molecule has 0 radical (unpaired) electrons. The summed E-state index contributed by atoms with van der Waals surface area (Å²) in [5, 5.41) is 0.117. The van der Waals surface area contributed by atoms with Gasteiger partial charge in [0, 0.05) is 5.92 Å². The fourth-order valence-corrected chi connectivity index (χ4v) is 6.28. The Bertz CT molecular complexity index is 708. The molecule has 0 N–H and O–H groups in total. The molecule has 29 heavy (non-hydrogen) atoms. The quantitative estimate of drug-likeness (QED) is 0.207. The molecule has 0 bridgehead atoms. The zero-order valence-corrected chi connectivity index (χ0v) is 22.9.